The number of thioether (sulfide) groups is 1. The third kappa shape index (κ3) is 11.5. The first-order chi connectivity index (χ1) is 17.5. The highest BCUT2D eigenvalue weighted by molar-refractivity contribution is 7.98. The van der Waals surface area contributed by atoms with Gasteiger partial charge in [0.05, 0.1) is 7.11 Å². The van der Waals surface area contributed by atoms with Crippen molar-refractivity contribution in [2.75, 3.05) is 32.2 Å². The second-order valence-electron chi connectivity index (χ2n) is 9.66. The van der Waals surface area contributed by atoms with Crippen LogP contribution in [0, 0.1) is 0 Å². The van der Waals surface area contributed by atoms with Crippen LogP contribution >= 0.6 is 11.8 Å². The molecule has 37 heavy (non-hydrogen) atoms. The summed E-state index contributed by atoms with van der Waals surface area (Å²) in [6.45, 7) is 9.26. The molecule has 0 bridgehead atoms. The van der Waals surface area contributed by atoms with Crippen molar-refractivity contribution in [1.82, 2.24) is 15.5 Å². The Morgan fingerprint density at radius 2 is 1.73 bits per heavy atom. The molecule has 0 saturated heterocycles. The van der Waals surface area contributed by atoms with Crippen molar-refractivity contribution in [1.29, 1.82) is 0 Å². The fraction of sp³-hybridized carbons (Fsp3) is 0.630. The Balaban J connectivity index is 3.43. The molecule has 2 unspecified atom stereocenters. The van der Waals surface area contributed by atoms with Gasteiger partial charge in [-0.15, -0.1) is 0 Å². The first-order valence-electron chi connectivity index (χ1n) is 12.7. The minimum Gasteiger partial charge on any atom is -0.468 e. The minimum absolute atomic E-state index is 0.299. The number of nitrogens with zero attached hydrogens (tertiary/aromatic N) is 1. The molecule has 1 rings (SSSR count). The standard InChI is InChI=1S/C27H43N3O6S/c1-8-10-16-30(25(33)21(15-17-37-7)29-26(34)36-27(3,4)5)23(24(32)28-18-22(31)35-6)20-13-11-19(9-2)12-14-20/h11-14,21,23H,8-10,15-18H2,1-7H3,(H,28,32)(H,29,34). The van der Waals surface area contributed by atoms with Gasteiger partial charge in [0.15, 0.2) is 0 Å². The van der Waals surface area contributed by atoms with Gasteiger partial charge >= 0.3 is 12.1 Å². The molecule has 0 saturated carbocycles. The summed E-state index contributed by atoms with van der Waals surface area (Å²) in [6, 6.07) is 5.61. The molecule has 0 aliphatic rings. The van der Waals surface area contributed by atoms with Gasteiger partial charge in [-0.2, -0.15) is 11.8 Å². The van der Waals surface area contributed by atoms with E-state index in [1.54, 1.807) is 32.5 Å². The number of esters is 1. The van der Waals surface area contributed by atoms with Crippen molar-refractivity contribution < 1.29 is 28.7 Å². The number of aryl methyl sites for hydroxylation is 1. The highest BCUT2D eigenvalue weighted by atomic mass is 32.2. The van der Waals surface area contributed by atoms with Crippen LogP contribution in [0.25, 0.3) is 0 Å². The van der Waals surface area contributed by atoms with Gasteiger partial charge in [-0.3, -0.25) is 14.4 Å². The Kier molecular flexibility index (Phi) is 14.1. The number of alkyl carbamates (subject to hydrolysis) is 1. The fourth-order valence-corrected chi connectivity index (χ4v) is 4.05. The summed E-state index contributed by atoms with van der Waals surface area (Å²) in [5.74, 6) is -0.853. The van der Waals surface area contributed by atoms with Crippen LogP contribution in [0.15, 0.2) is 24.3 Å². The summed E-state index contributed by atoms with van der Waals surface area (Å²) >= 11 is 1.55. The van der Waals surface area contributed by atoms with Gasteiger partial charge in [0.1, 0.15) is 24.2 Å². The Morgan fingerprint density at radius 3 is 2.24 bits per heavy atom. The monoisotopic (exact) mass is 537 g/mol. The van der Waals surface area contributed by atoms with Crippen molar-refractivity contribution in [3.63, 3.8) is 0 Å². The third-order valence-corrected chi connectivity index (χ3v) is 6.18. The summed E-state index contributed by atoms with van der Waals surface area (Å²) in [6.07, 6.45) is 3.87. The summed E-state index contributed by atoms with van der Waals surface area (Å²) in [5.41, 5.74) is 0.981. The third-order valence-electron chi connectivity index (χ3n) is 5.53. The van der Waals surface area contributed by atoms with Crippen LogP contribution in [0.4, 0.5) is 4.79 Å². The van der Waals surface area contributed by atoms with Crippen LogP contribution in [-0.2, 0) is 30.3 Å². The van der Waals surface area contributed by atoms with E-state index < -0.39 is 35.7 Å². The smallest absolute Gasteiger partial charge is 0.408 e. The fourth-order valence-electron chi connectivity index (χ4n) is 3.57. The van der Waals surface area contributed by atoms with Crippen molar-refractivity contribution in [2.24, 2.45) is 0 Å². The topological polar surface area (TPSA) is 114 Å². The van der Waals surface area contributed by atoms with E-state index in [-0.39, 0.29) is 12.5 Å². The molecule has 0 fully saturated rings. The number of unbranched alkanes of at least 4 members (excludes halogenated alkanes) is 1. The quantitative estimate of drug-likeness (QED) is 0.347. The van der Waals surface area contributed by atoms with Crippen LogP contribution in [0.5, 0.6) is 0 Å². The lowest BCUT2D eigenvalue weighted by Crippen LogP contribution is -2.53. The zero-order chi connectivity index (χ0) is 28.0. The number of carbonyl (C=O) groups is 4. The van der Waals surface area contributed by atoms with E-state index in [1.807, 2.05) is 44.4 Å². The second kappa shape index (κ2) is 16.2. The average Bonchev–Trinajstić information content (AvgIpc) is 2.85. The predicted octanol–water partition coefficient (Wildman–Crippen LogP) is 3.85. The van der Waals surface area contributed by atoms with Crippen LogP contribution in [-0.4, -0.2) is 72.6 Å². The van der Waals surface area contributed by atoms with Crippen molar-refractivity contribution in [3.8, 4) is 0 Å². The molecule has 208 valence electrons. The maximum absolute atomic E-state index is 14.0. The summed E-state index contributed by atoms with van der Waals surface area (Å²) in [4.78, 5) is 53.2. The molecule has 1 aromatic rings. The number of nitrogens with one attached hydrogen (secondary N) is 2. The van der Waals surface area contributed by atoms with E-state index in [0.29, 0.717) is 30.7 Å². The van der Waals surface area contributed by atoms with Gasteiger partial charge in [0.25, 0.3) is 0 Å². The number of amides is 3. The summed E-state index contributed by atoms with van der Waals surface area (Å²) < 4.78 is 10.1. The Hall–Kier alpha value is -2.75. The molecular weight excluding hydrogens is 494 g/mol. The first-order valence-corrected chi connectivity index (χ1v) is 14.1. The molecule has 0 aliphatic carbocycles. The van der Waals surface area contributed by atoms with Gasteiger partial charge in [-0.1, -0.05) is 44.5 Å². The van der Waals surface area contributed by atoms with Gasteiger partial charge in [0, 0.05) is 6.54 Å². The Bertz CT molecular complexity index is 885. The molecular formula is C27H43N3O6S. The molecule has 3 amide bonds. The SMILES string of the molecule is CCCCN(C(=O)C(CCSC)NC(=O)OC(C)(C)C)C(C(=O)NCC(=O)OC)c1ccc(CC)cc1. The zero-order valence-electron chi connectivity index (χ0n) is 23.2. The van der Waals surface area contributed by atoms with Crippen LogP contribution in [0.1, 0.15) is 71.0 Å². The number of benzene rings is 1. The molecule has 0 spiro atoms. The lowest BCUT2D eigenvalue weighted by atomic mass is 10.00. The number of carbonyl (C=O) groups excluding carboxylic acids is 4. The molecule has 1 aromatic carbocycles. The highest BCUT2D eigenvalue weighted by Crippen LogP contribution is 2.25. The number of ether oxygens (including phenoxy) is 2. The van der Waals surface area contributed by atoms with E-state index in [0.717, 1.165) is 18.4 Å². The second-order valence-corrected chi connectivity index (χ2v) is 10.6. The lowest BCUT2D eigenvalue weighted by molar-refractivity contribution is -0.144. The largest absolute Gasteiger partial charge is 0.468 e. The van der Waals surface area contributed by atoms with Crippen LogP contribution in [0.2, 0.25) is 0 Å². The number of rotatable bonds is 14. The minimum atomic E-state index is -0.994. The van der Waals surface area contributed by atoms with Crippen molar-refractivity contribution in [2.45, 2.75) is 78.0 Å². The maximum Gasteiger partial charge on any atom is 0.408 e. The molecule has 2 N–H and O–H groups in total. The molecule has 9 nitrogen and oxygen atoms in total. The van der Waals surface area contributed by atoms with E-state index in [4.69, 9.17) is 4.74 Å². The highest BCUT2D eigenvalue weighted by Gasteiger charge is 2.36. The molecule has 10 heteroatoms. The molecule has 2 atom stereocenters. The zero-order valence-corrected chi connectivity index (χ0v) is 24.0. The Labute approximate surface area is 225 Å². The average molecular weight is 538 g/mol. The summed E-state index contributed by atoms with van der Waals surface area (Å²) in [5, 5.41) is 5.32. The number of hydrogen-bond donors (Lipinski definition) is 2. The van der Waals surface area contributed by atoms with E-state index >= 15 is 0 Å². The summed E-state index contributed by atoms with van der Waals surface area (Å²) in [7, 11) is 1.24. The molecule has 0 aromatic heterocycles. The van der Waals surface area contributed by atoms with Crippen molar-refractivity contribution >= 4 is 35.6 Å². The van der Waals surface area contributed by atoms with E-state index in [2.05, 4.69) is 15.4 Å². The normalized spacial score (nSPS) is 12.7. The van der Waals surface area contributed by atoms with Gasteiger partial charge in [-0.25, -0.2) is 4.79 Å². The van der Waals surface area contributed by atoms with Crippen molar-refractivity contribution in [3.05, 3.63) is 35.4 Å². The van der Waals surface area contributed by atoms with Crippen LogP contribution < -0.4 is 10.6 Å². The maximum atomic E-state index is 14.0. The van der Waals surface area contributed by atoms with Gasteiger partial charge < -0.3 is 25.0 Å². The predicted molar refractivity (Wildman–Crippen MR) is 146 cm³/mol. The molecule has 0 heterocycles. The van der Waals surface area contributed by atoms with Gasteiger partial charge in [-0.05, 0) is 63.2 Å². The molecule has 0 aliphatic heterocycles. The lowest BCUT2D eigenvalue weighted by Gasteiger charge is -2.34. The van der Waals surface area contributed by atoms with Crippen LogP contribution in [0.3, 0.4) is 0 Å². The van der Waals surface area contributed by atoms with E-state index in [1.165, 1.54) is 12.0 Å². The number of methoxy groups -OCH3 is 1. The first kappa shape index (κ1) is 32.3. The number of hydrogen-bond acceptors (Lipinski definition) is 7. The van der Waals surface area contributed by atoms with E-state index in [9.17, 15) is 19.2 Å². The molecule has 0 radical (unpaired) electrons. The Morgan fingerprint density at radius 1 is 1.08 bits per heavy atom. The van der Waals surface area contributed by atoms with Gasteiger partial charge in [0.2, 0.25) is 11.8 Å².